The van der Waals surface area contributed by atoms with E-state index in [1.54, 1.807) is 18.4 Å². The second-order valence-corrected chi connectivity index (χ2v) is 4.46. The van der Waals surface area contributed by atoms with Crippen LogP contribution in [0.5, 0.6) is 6.01 Å². The lowest BCUT2D eigenvalue weighted by atomic mass is 10.2. The Morgan fingerprint density at radius 3 is 2.76 bits per heavy atom. The number of aryl methyl sites for hydroxylation is 1. The highest BCUT2D eigenvalue weighted by molar-refractivity contribution is 7.10. The van der Waals surface area contributed by atoms with Crippen molar-refractivity contribution >= 4 is 17.3 Å². The van der Waals surface area contributed by atoms with Gasteiger partial charge in [-0.25, -0.2) is 0 Å². The summed E-state index contributed by atoms with van der Waals surface area (Å²) in [5, 5.41) is 4.93. The molecule has 90 valence electrons. The number of nitrogens with zero attached hydrogens (tertiary/aromatic N) is 3. The maximum absolute atomic E-state index is 5.33. The third-order valence-corrected chi connectivity index (χ3v) is 3.06. The van der Waals surface area contributed by atoms with E-state index in [9.17, 15) is 0 Å². The first-order chi connectivity index (χ1) is 8.24. The quantitative estimate of drug-likeness (QED) is 0.902. The Bertz CT molecular complexity index is 512. The van der Waals surface area contributed by atoms with Crippen LogP contribution in [0.15, 0.2) is 11.4 Å². The van der Waals surface area contributed by atoms with Gasteiger partial charge in [0.15, 0.2) is 5.82 Å². The minimum Gasteiger partial charge on any atom is -0.464 e. The lowest BCUT2D eigenvalue weighted by Gasteiger charge is -2.06. The van der Waals surface area contributed by atoms with E-state index >= 15 is 0 Å². The highest BCUT2D eigenvalue weighted by Gasteiger charge is 2.11. The summed E-state index contributed by atoms with van der Waals surface area (Å²) in [4.78, 5) is 13.9. The highest BCUT2D eigenvalue weighted by atomic mass is 32.1. The molecule has 17 heavy (non-hydrogen) atoms. The Hall–Kier alpha value is -1.69. The van der Waals surface area contributed by atoms with E-state index in [1.165, 1.54) is 4.88 Å². The fourth-order valence-corrected chi connectivity index (χ4v) is 2.09. The van der Waals surface area contributed by atoms with Crippen LogP contribution in [0, 0.1) is 6.92 Å². The van der Waals surface area contributed by atoms with Crippen LogP contribution in [0.4, 0.5) is 5.95 Å². The Kier molecular flexibility index (Phi) is 3.53. The van der Waals surface area contributed by atoms with Crippen LogP contribution in [0.25, 0.3) is 11.4 Å². The van der Waals surface area contributed by atoms with Gasteiger partial charge in [0.25, 0.3) is 0 Å². The molecule has 0 bridgehead atoms. The van der Waals surface area contributed by atoms with E-state index in [-0.39, 0.29) is 0 Å². The molecule has 0 aliphatic carbocycles. The average Bonchev–Trinajstić information content (AvgIpc) is 2.75. The van der Waals surface area contributed by atoms with Crippen molar-refractivity contribution in [3.05, 3.63) is 16.3 Å². The predicted molar refractivity (Wildman–Crippen MR) is 68.6 cm³/mol. The Morgan fingerprint density at radius 1 is 1.35 bits per heavy atom. The van der Waals surface area contributed by atoms with Gasteiger partial charge in [-0.15, -0.1) is 11.3 Å². The first-order valence-electron chi connectivity index (χ1n) is 5.35. The van der Waals surface area contributed by atoms with Crippen LogP contribution in [0.1, 0.15) is 11.8 Å². The molecule has 6 heteroatoms. The van der Waals surface area contributed by atoms with Gasteiger partial charge in [-0.3, -0.25) is 0 Å². The molecule has 0 aliphatic rings. The van der Waals surface area contributed by atoms with E-state index < -0.39 is 0 Å². The molecule has 0 unspecified atom stereocenters. The van der Waals surface area contributed by atoms with Gasteiger partial charge in [-0.05, 0) is 25.3 Å². The summed E-state index contributed by atoms with van der Waals surface area (Å²) in [5.41, 5.74) is 1.02. The summed E-state index contributed by atoms with van der Waals surface area (Å²) in [6.45, 7) is 4.48. The third kappa shape index (κ3) is 2.52. The van der Waals surface area contributed by atoms with Gasteiger partial charge < -0.3 is 10.1 Å². The van der Waals surface area contributed by atoms with E-state index in [1.807, 2.05) is 25.3 Å². The topological polar surface area (TPSA) is 59.9 Å². The molecule has 0 saturated carbocycles. The highest BCUT2D eigenvalue weighted by Crippen LogP contribution is 2.26. The van der Waals surface area contributed by atoms with Crippen LogP contribution in [-0.4, -0.2) is 28.6 Å². The van der Waals surface area contributed by atoms with Crippen molar-refractivity contribution in [2.75, 3.05) is 19.0 Å². The van der Waals surface area contributed by atoms with E-state index in [2.05, 4.69) is 20.3 Å². The summed E-state index contributed by atoms with van der Waals surface area (Å²) in [6, 6.07) is 2.36. The predicted octanol–water partition coefficient (Wildman–Crippen LogP) is 2.35. The summed E-state index contributed by atoms with van der Waals surface area (Å²) in [6.07, 6.45) is 0. The first-order valence-corrected chi connectivity index (χ1v) is 6.23. The second kappa shape index (κ2) is 5.09. The molecular weight excluding hydrogens is 236 g/mol. The maximum atomic E-state index is 5.33. The molecule has 2 heterocycles. The zero-order chi connectivity index (χ0) is 12.3. The molecule has 0 aliphatic heterocycles. The summed E-state index contributed by atoms with van der Waals surface area (Å²) < 4.78 is 5.33. The summed E-state index contributed by atoms with van der Waals surface area (Å²) in [5.74, 6) is 1.16. The molecule has 0 spiro atoms. The molecule has 0 aromatic carbocycles. The Balaban J connectivity index is 2.46. The van der Waals surface area contributed by atoms with Crippen molar-refractivity contribution in [2.45, 2.75) is 13.8 Å². The molecule has 0 saturated heterocycles. The zero-order valence-corrected chi connectivity index (χ0v) is 10.8. The first kappa shape index (κ1) is 11.8. The van der Waals surface area contributed by atoms with Crippen LogP contribution in [0.3, 0.4) is 0 Å². The molecule has 0 fully saturated rings. The van der Waals surface area contributed by atoms with Gasteiger partial charge >= 0.3 is 6.01 Å². The fourth-order valence-electron chi connectivity index (χ4n) is 1.40. The van der Waals surface area contributed by atoms with E-state index in [0.717, 1.165) is 5.56 Å². The molecule has 2 aromatic rings. The van der Waals surface area contributed by atoms with Gasteiger partial charge in [0.05, 0.1) is 6.61 Å². The van der Waals surface area contributed by atoms with E-state index in [4.69, 9.17) is 4.74 Å². The number of thiophene rings is 1. The van der Waals surface area contributed by atoms with Crippen molar-refractivity contribution in [2.24, 2.45) is 0 Å². The zero-order valence-electron chi connectivity index (χ0n) is 10.0. The monoisotopic (exact) mass is 250 g/mol. The van der Waals surface area contributed by atoms with E-state index in [0.29, 0.717) is 24.4 Å². The second-order valence-electron chi connectivity index (χ2n) is 3.34. The normalized spacial score (nSPS) is 10.3. The van der Waals surface area contributed by atoms with Crippen LogP contribution in [-0.2, 0) is 0 Å². The Morgan fingerprint density at radius 2 is 2.18 bits per heavy atom. The molecule has 1 N–H and O–H groups in total. The maximum Gasteiger partial charge on any atom is 0.321 e. The van der Waals surface area contributed by atoms with Crippen molar-refractivity contribution in [3.63, 3.8) is 0 Å². The number of anilines is 1. The molecule has 5 nitrogen and oxygen atoms in total. The number of hydrogen-bond donors (Lipinski definition) is 1. The lowest BCUT2D eigenvalue weighted by Crippen LogP contribution is -2.05. The molecule has 2 rings (SSSR count). The molecule has 2 aromatic heterocycles. The molecule has 0 amide bonds. The number of aromatic nitrogens is 3. The molecule has 0 atom stereocenters. The third-order valence-electron chi connectivity index (χ3n) is 2.21. The smallest absolute Gasteiger partial charge is 0.321 e. The Labute approximate surface area is 104 Å². The minimum absolute atomic E-state index is 0.354. The van der Waals surface area contributed by atoms with Gasteiger partial charge in [0.1, 0.15) is 0 Å². The van der Waals surface area contributed by atoms with Gasteiger partial charge in [-0.2, -0.15) is 15.0 Å². The average molecular weight is 250 g/mol. The number of ether oxygens (including phenoxy) is 1. The standard InChI is InChI=1S/C11H14N4OS/c1-4-16-11-14-9(13-10(12-3)15-11)8-5-6-17-7(8)2/h5-6H,4H2,1-3H3,(H,12,13,14,15). The fraction of sp³-hybridized carbons (Fsp3) is 0.364. The summed E-state index contributed by atoms with van der Waals surface area (Å²) in [7, 11) is 1.77. The number of hydrogen-bond acceptors (Lipinski definition) is 6. The van der Waals surface area contributed by atoms with Crippen molar-refractivity contribution in [3.8, 4) is 17.4 Å². The molecular formula is C11H14N4OS. The van der Waals surface area contributed by atoms with Gasteiger partial charge in [-0.1, -0.05) is 0 Å². The number of rotatable bonds is 4. The van der Waals surface area contributed by atoms with Crippen LogP contribution in [0.2, 0.25) is 0 Å². The SMILES string of the molecule is CCOc1nc(NC)nc(-c2ccsc2C)n1. The van der Waals surface area contributed by atoms with Crippen molar-refractivity contribution < 1.29 is 4.74 Å². The van der Waals surface area contributed by atoms with Crippen molar-refractivity contribution in [1.82, 2.24) is 15.0 Å². The van der Waals surface area contributed by atoms with Crippen LogP contribution >= 0.6 is 11.3 Å². The van der Waals surface area contributed by atoms with Gasteiger partial charge in [0, 0.05) is 17.5 Å². The van der Waals surface area contributed by atoms with Crippen LogP contribution < -0.4 is 10.1 Å². The number of nitrogens with one attached hydrogen (secondary N) is 1. The minimum atomic E-state index is 0.354. The molecule has 0 radical (unpaired) electrons. The summed E-state index contributed by atoms with van der Waals surface area (Å²) >= 11 is 1.67. The van der Waals surface area contributed by atoms with Crippen molar-refractivity contribution in [1.29, 1.82) is 0 Å². The largest absolute Gasteiger partial charge is 0.464 e. The van der Waals surface area contributed by atoms with Gasteiger partial charge in [0.2, 0.25) is 5.95 Å². The lowest BCUT2D eigenvalue weighted by molar-refractivity contribution is 0.312.